The average molecular weight is 187 g/mol. The van der Waals surface area contributed by atoms with E-state index >= 15 is 0 Å². The van der Waals surface area contributed by atoms with Gasteiger partial charge in [0.1, 0.15) is 6.61 Å². The first-order valence-electron chi connectivity index (χ1n) is 4.81. The van der Waals surface area contributed by atoms with Crippen LogP contribution in [0.4, 0.5) is 0 Å². The van der Waals surface area contributed by atoms with Crippen LogP contribution in [0.25, 0.3) is 0 Å². The molecule has 0 spiro atoms. The molecule has 0 aromatic rings. The summed E-state index contributed by atoms with van der Waals surface area (Å²) in [7, 11) is 0. The quantitative estimate of drug-likeness (QED) is 0.644. The number of rotatable bonds is 4. The van der Waals surface area contributed by atoms with E-state index < -0.39 is 0 Å². The Labute approximate surface area is 78.6 Å². The Bertz CT molecular complexity index is 155. The second-order valence-corrected chi connectivity index (χ2v) is 3.08. The van der Waals surface area contributed by atoms with E-state index in [1.54, 1.807) is 6.92 Å². The van der Waals surface area contributed by atoms with Gasteiger partial charge in [-0.15, -0.1) is 0 Å². The van der Waals surface area contributed by atoms with Crippen molar-refractivity contribution in [3.05, 3.63) is 0 Å². The lowest BCUT2D eigenvalue weighted by Crippen LogP contribution is -2.36. The molecule has 0 aromatic carbocycles. The third kappa shape index (κ3) is 4.24. The fourth-order valence-corrected chi connectivity index (χ4v) is 1.35. The van der Waals surface area contributed by atoms with Gasteiger partial charge in [-0.25, -0.2) is 4.79 Å². The zero-order valence-electron chi connectivity index (χ0n) is 8.04. The molecule has 1 atom stereocenters. The van der Waals surface area contributed by atoms with Crippen molar-refractivity contribution in [1.29, 1.82) is 0 Å². The van der Waals surface area contributed by atoms with E-state index in [4.69, 9.17) is 9.47 Å². The molecule has 13 heavy (non-hydrogen) atoms. The highest BCUT2D eigenvalue weighted by Gasteiger charge is 2.14. The molecular weight excluding hydrogens is 170 g/mol. The third-order valence-corrected chi connectivity index (χ3v) is 1.99. The molecule has 4 heteroatoms. The largest absolute Gasteiger partial charge is 0.464 e. The van der Waals surface area contributed by atoms with Crippen molar-refractivity contribution in [2.45, 2.75) is 25.9 Å². The van der Waals surface area contributed by atoms with Crippen molar-refractivity contribution in [1.82, 2.24) is 5.32 Å². The average Bonchev–Trinajstić information content (AvgIpc) is 2.17. The van der Waals surface area contributed by atoms with Crippen molar-refractivity contribution in [2.24, 2.45) is 0 Å². The smallest absolute Gasteiger partial charge is 0.332 e. The van der Waals surface area contributed by atoms with Gasteiger partial charge in [0.15, 0.2) is 0 Å². The van der Waals surface area contributed by atoms with Gasteiger partial charge in [-0.3, -0.25) is 0 Å². The van der Waals surface area contributed by atoms with Crippen LogP contribution < -0.4 is 5.32 Å². The number of hydrogen-bond donors (Lipinski definition) is 1. The molecule has 0 amide bonds. The molecule has 0 bridgehead atoms. The Hall–Kier alpha value is -0.610. The van der Waals surface area contributed by atoms with Gasteiger partial charge >= 0.3 is 5.97 Å². The van der Waals surface area contributed by atoms with Gasteiger partial charge in [-0.1, -0.05) is 0 Å². The van der Waals surface area contributed by atoms with Gasteiger partial charge in [0, 0.05) is 6.54 Å². The zero-order valence-corrected chi connectivity index (χ0v) is 8.04. The zero-order chi connectivity index (χ0) is 9.52. The SMILES string of the molecule is CCOC(=O)CO[C@H]1CCCNC1. The van der Waals surface area contributed by atoms with Crippen LogP contribution in [-0.2, 0) is 14.3 Å². The van der Waals surface area contributed by atoms with E-state index in [9.17, 15) is 4.79 Å². The third-order valence-electron chi connectivity index (χ3n) is 1.99. The van der Waals surface area contributed by atoms with Crippen LogP contribution in [0.15, 0.2) is 0 Å². The molecular formula is C9H17NO3. The van der Waals surface area contributed by atoms with Crippen molar-refractivity contribution in [2.75, 3.05) is 26.3 Å². The number of carbonyl (C=O) groups excluding carboxylic acids is 1. The monoisotopic (exact) mass is 187 g/mol. The lowest BCUT2D eigenvalue weighted by Gasteiger charge is -2.22. The van der Waals surface area contributed by atoms with Crippen LogP contribution in [-0.4, -0.2) is 38.4 Å². The van der Waals surface area contributed by atoms with Gasteiger partial charge in [-0.2, -0.15) is 0 Å². The lowest BCUT2D eigenvalue weighted by molar-refractivity contribution is -0.150. The summed E-state index contributed by atoms with van der Waals surface area (Å²) < 4.78 is 10.1. The van der Waals surface area contributed by atoms with Crippen LogP contribution in [0, 0.1) is 0 Å². The van der Waals surface area contributed by atoms with E-state index in [-0.39, 0.29) is 18.7 Å². The van der Waals surface area contributed by atoms with E-state index in [0.29, 0.717) is 6.61 Å². The Balaban J connectivity index is 2.06. The standard InChI is InChI=1S/C9H17NO3/c1-2-12-9(11)7-13-8-4-3-5-10-6-8/h8,10H,2-7H2,1H3/t8-/m0/s1. The highest BCUT2D eigenvalue weighted by atomic mass is 16.6. The molecule has 1 fully saturated rings. The number of esters is 1. The van der Waals surface area contributed by atoms with Crippen molar-refractivity contribution < 1.29 is 14.3 Å². The normalized spacial score (nSPS) is 22.7. The number of carbonyl (C=O) groups is 1. The summed E-state index contributed by atoms with van der Waals surface area (Å²) in [5.41, 5.74) is 0. The van der Waals surface area contributed by atoms with Gasteiger partial charge in [0.05, 0.1) is 12.7 Å². The minimum Gasteiger partial charge on any atom is -0.464 e. The Morgan fingerprint density at radius 2 is 2.46 bits per heavy atom. The molecule has 1 N–H and O–H groups in total. The van der Waals surface area contributed by atoms with Crippen LogP contribution in [0.1, 0.15) is 19.8 Å². The molecule has 4 nitrogen and oxygen atoms in total. The van der Waals surface area contributed by atoms with Gasteiger partial charge in [-0.05, 0) is 26.3 Å². The van der Waals surface area contributed by atoms with Crippen LogP contribution in [0.2, 0.25) is 0 Å². The predicted octanol–water partition coefficient (Wildman–Crippen LogP) is 0.318. The van der Waals surface area contributed by atoms with E-state index in [2.05, 4.69) is 5.32 Å². The topological polar surface area (TPSA) is 47.6 Å². The van der Waals surface area contributed by atoms with Crippen molar-refractivity contribution >= 4 is 5.97 Å². The van der Waals surface area contributed by atoms with E-state index in [0.717, 1.165) is 25.9 Å². The molecule has 1 rings (SSSR count). The molecule has 0 unspecified atom stereocenters. The molecule has 76 valence electrons. The minimum absolute atomic E-state index is 0.0835. The molecule has 1 aliphatic rings. The highest BCUT2D eigenvalue weighted by molar-refractivity contribution is 5.70. The summed E-state index contributed by atoms with van der Waals surface area (Å²) in [5.74, 6) is -0.270. The molecule has 1 saturated heterocycles. The Morgan fingerprint density at radius 3 is 3.08 bits per heavy atom. The molecule has 0 aromatic heterocycles. The summed E-state index contributed by atoms with van der Waals surface area (Å²) in [5, 5.41) is 3.21. The van der Waals surface area contributed by atoms with E-state index in [1.165, 1.54) is 0 Å². The number of piperidine rings is 1. The molecule has 1 aliphatic heterocycles. The van der Waals surface area contributed by atoms with Gasteiger partial charge in [0.25, 0.3) is 0 Å². The van der Waals surface area contributed by atoms with Crippen LogP contribution in [0.5, 0.6) is 0 Å². The summed E-state index contributed by atoms with van der Waals surface area (Å²) in [6, 6.07) is 0. The fourth-order valence-electron chi connectivity index (χ4n) is 1.35. The van der Waals surface area contributed by atoms with Crippen LogP contribution >= 0.6 is 0 Å². The fraction of sp³-hybridized carbons (Fsp3) is 0.889. The maximum absolute atomic E-state index is 10.9. The first kappa shape index (κ1) is 10.5. The minimum atomic E-state index is -0.270. The van der Waals surface area contributed by atoms with E-state index in [1.807, 2.05) is 0 Å². The highest BCUT2D eigenvalue weighted by Crippen LogP contribution is 2.05. The van der Waals surface area contributed by atoms with Crippen molar-refractivity contribution in [3.63, 3.8) is 0 Å². The number of ether oxygens (including phenoxy) is 2. The molecule has 1 heterocycles. The molecule has 0 radical (unpaired) electrons. The first-order chi connectivity index (χ1) is 6.33. The van der Waals surface area contributed by atoms with Gasteiger partial charge in [0.2, 0.25) is 0 Å². The molecule has 0 aliphatic carbocycles. The summed E-state index contributed by atoms with van der Waals surface area (Å²) in [4.78, 5) is 10.9. The maximum atomic E-state index is 10.9. The number of hydrogen-bond acceptors (Lipinski definition) is 4. The summed E-state index contributed by atoms with van der Waals surface area (Å²) >= 11 is 0. The second kappa shape index (κ2) is 5.94. The Kier molecular flexibility index (Phi) is 4.78. The summed E-state index contributed by atoms with van der Waals surface area (Å²) in [6.45, 7) is 4.20. The lowest BCUT2D eigenvalue weighted by atomic mass is 10.1. The molecule has 0 saturated carbocycles. The summed E-state index contributed by atoms with van der Waals surface area (Å²) in [6.07, 6.45) is 2.33. The van der Waals surface area contributed by atoms with Crippen molar-refractivity contribution in [3.8, 4) is 0 Å². The van der Waals surface area contributed by atoms with Crippen LogP contribution in [0.3, 0.4) is 0 Å². The second-order valence-electron chi connectivity index (χ2n) is 3.08. The maximum Gasteiger partial charge on any atom is 0.332 e. The Morgan fingerprint density at radius 1 is 1.62 bits per heavy atom. The van der Waals surface area contributed by atoms with Gasteiger partial charge < -0.3 is 14.8 Å². The number of nitrogens with one attached hydrogen (secondary N) is 1. The predicted molar refractivity (Wildman–Crippen MR) is 48.5 cm³/mol. The first-order valence-corrected chi connectivity index (χ1v) is 4.81.